The molecule has 0 aliphatic rings. The zero-order valence-corrected chi connectivity index (χ0v) is 12.0. The van der Waals surface area contributed by atoms with Gasteiger partial charge in [-0.15, -0.1) is 0 Å². The van der Waals surface area contributed by atoms with Gasteiger partial charge in [0.15, 0.2) is 0 Å². The second-order valence-electron chi connectivity index (χ2n) is 4.62. The SMILES string of the molecule is C=Cc1nc(CCC)n(-c2ccccc2)c(=O)c1C(=C)F. The van der Waals surface area contributed by atoms with Crippen LogP contribution in [0.5, 0.6) is 0 Å². The first-order chi connectivity index (χ1) is 10.1. The first-order valence-corrected chi connectivity index (χ1v) is 6.78. The zero-order valence-electron chi connectivity index (χ0n) is 12.0. The molecule has 0 saturated carbocycles. The highest BCUT2D eigenvalue weighted by atomic mass is 19.1. The molecule has 0 radical (unpaired) electrons. The summed E-state index contributed by atoms with van der Waals surface area (Å²) >= 11 is 0. The van der Waals surface area contributed by atoms with Crippen LogP contribution in [-0.4, -0.2) is 9.55 Å². The average molecular weight is 284 g/mol. The Morgan fingerprint density at radius 3 is 2.57 bits per heavy atom. The van der Waals surface area contributed by atoms with Crippen molar-refractivity contribution in [2.24, 2.45) is 0 Å². The predicted octanol–water partition coefficient (Wildman–Crippen LogP) is 3.77. The average Bonchev–Trinajstić information content (AvgIpc) is 2.47. The third kappa shape index (κ3) is 2.84. The van der Waals surface area contributed by atoms with E-state index in [1.165, 1.54) is 10.6 Å². The maximum Gasteiger partial charge on any atom is 0.268 e. The molecule has 0 bridgehead atoms. The number of hydrogen-bond acceptors (Lipinski definition) is 2. The quantitative estimate of drug-likeness (QED) is 0.837. The lowest BCUT2D eigenvalue weighted by Gasteiger charge is -2.14. The summed E-state index contributed by atoms with van der Waals surface area (Å²) in [4.78, 5) is 17.0. The van der Waals surface area contributed by atoms with Crippen LogP contribution in [0.2, 0.25) is 0 Å². The van der Waals surface area contributed by atoms with Gasteiger partial charge in [0.05, 0.1) is 11.4 Å². The summed E-state index contributed by atoms with van der Waals surface area (Å²) in [5.41, 5.74) is 0.315. The van der Waals surface area contributed by atoms with Crippen LogP contribution in [0.4, 0.5) is 4.39 Å². The third-order valence-corrected chi connectivity index (χ3v) is 3.13. The van der Waals surface area contributed by atoms with Gasteiger partial charge in [0, 0.05) is 6.42 Å². The van der Waals surface area contributed by atoms with Crippen molar-refractivity contribution in [3.05, 3.63) is 70.9 Å². The Morgan fingerprint density at radius 1 is 1.38 bits per heavy atom. The van der Waals surface area contributed by atoms with E-state index in [1.54, 1.807) is 12.1 Å². The molecule has 0 saturated heterocycles. The summed E-state index contributed by atoms with van der Waals surface area (Å²) in [7, 11) is 0. The molecular weight excluding hydrogens is 267 g/mol. The maximum absolute atomic E-state index is 13.7. The molecule has 2 aromatic rings. The number of halogens is 1. The fourth-order valence-electron chi connectivity index (χ4n) is 2.22. The summed E-state index contributed by atoms with van der Waals surface area (Å²) in [5.74, 6) is -0.205. The number of aryl methyl sites for hydroxylation is 1. The van der Waals surface area contributed by atoms with Crippen molar-refractivity contribution >= 4 is 11.9 Å². The Morgan fingerprint density at radius 2 is 2.05 bits per heavy atom. The third-order valence-electron chi connectivity index (χ3n) is 3.13. The number of rotatable bonds is 5. The highest BCUT2D eigenvalue weighted by Gasteiger charge is 2.17. The van der Waals surface area contributed by atoms with Crippen LogP contribution in [0.3, 0.4) is 0 Å². The molecule has 4 heteroatoms. The lowest BCUT2D eigenvalue weighted by molar-refractivity contribution is 0.727. The van der Waals surface area contributed by atoms with E-state index in [-0.39, 0.29) is 11.3 Å². The van der Waals surface area contributed by atoms with Crippen LogP contribution in [0.1, 0.15) is 30.4 Å². The Labute approximate surface area is 123 Å². The second kappa shape index (κ2) is 6.31. The molecule has 3 nitrogen and oxygen atoms in total. The number of hydrogen-bond donors (Lipinski definition) is 0. The highest BCUT2D eigenvalue weighted by molar-refractivity contribution is 5.66. The predicted molar refractivity (Wildman–Crippen MR) is 84.1 cm³/mol. The molecular formula is C17H17FN2O. The topological polar surface area (TPSA) is 34.9 Å². The molecule has 0 atom stereocenters. The van der Waals surface area contributed by atoms with Gasteiger partial charge in [0.1, 0.15) is 17.2 Å². The van der Waals surface area contributed by atoms with E-state index in [0.29, 0.717) is 17.9 Å². The van der Waals surface area contributed by atoms with Gasteiger partial charge in [-0.1, -0.05) is 38.3 Å². The minimum absolute atomic E-state index is 0.131. The summed E-state index contributed by atoms with van der Waals surface area (Å²) < 4.78 is 15.1. The molecule has 0 N–H and O–H groups in total. The largest absolute Gasteiger partial charge is 0.268 e. The van der Waals surface area contributed by atoms with Crippen molar-refractivity contribution in [1.82, 2.24) is 9.55 Å². The van der Waals surface area contributed by atoms with Crippen LogP contribution in [-0.2, 0) is 6.42 Å². The maximum atomic E-state index is 13.7. The van der Waals surface area contributed by atoms with Gasteiger partial charge in [-0.2, -0.15) is 0 Å². The zero-order chi connectivity index (χ0) is 15.4. The van der Waals surface area contributed by atoms with Gasteiger partial charge in [-0.05, 0) is 24.6 Å². The van der Waals surface area contributed by atoms with E-state index in [9.17, 15) is 9.18 Å². The summed E-state index contributed by atoms with van der Waals surface area (Å²) in [6.07, 6.45) is 2.83. The van der Waals surface area contributed by atoms with Crippen LogP contribution in [0.15, 0.2) is 48.3 Å². The second-order valence-corrected chi connectivity index (χ2v) is 4.62. The normalized spacial score (nSPS) is 10.4. The molecule has 1 heterocycles. The number of aromatic nitrogens is 2. The van der Waals surface area contributed by atoms with Crippen molar-refractivity contribution in [2.75, 3.05) is 0 Å². The van der Waals surface area contributed by atoms with Crippen molar-refractivity contribution in [3.63, 3.8) is 0 Å². The molecule has 108 valence electrons. The van der Waals surface area contributed by atoms with E-state index in [1.807, 2.05) is 25.1 Å². The molecule has 0 spiro atoms. The minimum atomic E-state index is -0.796. The number of para-hydroxylation sites is 1. The van der Waals surface area contributed by atoms with Crippen molar-refractivity contribution in [2.45, 2.75) is 19.8 Å². The molecule has 1 aromatic carbocycles. The number of benzene rings is 1. The smallest absolute Gasteiger partial charge is 0.268 e. The Hall–Kier alpha value is -2.49. The standard InChI is InChI=1S/C17H17FN2O/c1-4-9-15-19-14(5-2)16(12(3)18)17(21)20(15)13-10-7-6-8-11-13/h5-8,10-11H,2-4,9H2,1H3. The Kier molecular flexibility index (Phi) is 4.48. The Balaban J connectivity index is 2.84. The van der Waals surface area contributed by atoms with E-state index in [4.69, 9.17) is 0 Å². The monoisotopic (exact) mass is 284 g/mol. The van der Waals surface area contributed by atoms with Crippen molar-refractivity contribution < 1.29 is 4.39 Å². The van der Waals surface area contributed by atoms with Gasteiger partial charge in [-0.3, -0.25) is 9.36 Å². The molecule has 0 amide bonds. The fraction of sp³-hybridized carbons (Fsp3) is 0.176. The van der Waals surface area contributed by atoms with Gasteiger partial charge in [-0.25, -0.2) is 9.37 Å². The van der Waals surface area contributed by atoms with Crippen LogP contribution in [0, 0.1) is 0 Å². The molecule has 2 rings (SSSR count). The summed E-state index contributed by atoms with van der Waals surface area (Å²) in [5, 5.41) is 0. The van der Waals surface area contributed by atoms with E-state index < -0.39 is 11.4 Å². The summed E-state index contributed by atoms with van der Waals surface area (Å²) in [6.45, 7) is 8.83. The Bertz CT molecular complexity index is 732. The first kappa shape index (κ1) is 14.9. The van der Waals surface area contributed by atoms with Gasteiger partial charge >= 0.3 is 0 Å². The van der Waals surface area contributed by atoms with Crippen LogP contribution >= 0.6 is 0 Å². The van der Waals surface area contributed by atoms with Gasteiger partial charge in [0.2, 0.25) is 0 Å². The van der Waals surface area contributed by atoms with E-state index >= 15 is 0 Å². The molecule has 0 fully saturated rings. The lowest BCUT2D eigenvalue weighted by Crippen LogP contribution is -2.27. The van der Waals surface area contributed by atoms with Crippen molar-refractivity contribution in [3.8, 4) is 5.69 Å². The summed E-state index contributed by atoms with van der Waals surface area (Å²) in [6, 6.07) is 9.08. The fourth-order valence-corrected chi connectivity index (χ4v) is 2.22. The lowest BCUT2D eigenvalue weighted by atomic mass is 10.1. The molecule has 21 heavy (non-hydrogen) atoms. The van der Waals surface area contributed by atoms with Crippen LogP contribution in [0.25, 0.3) is 17.6 Å². The molecule has 0 unspecified atom stereocenters. The van der Waals surface area contributed by atoms with Crippen molar-refractivity contribution in [1.29, 1.82) is 0 Å². The van der Waals surface area contributed by atoms with E-state index in [2.05, 4.69) is 18.1 Å². The number of nitrogens with zero attached hydrogens (tertiary/aromatic N) is 2. The molecule has 1 aromatic heterocycles. The van der Waals surface area contributed by atoms with Crippen LogP contribution < -0.4 is 5.56 Å². The first-order valence-electron chi connectivity index (χ1n) is 6.78. The minimum Gasteiger partial charge on any atom is -0.268 e. The van der Waals surface area contributed by atoms with Gasteiger partial charge in [0.25, 0.3) is 5.56 Å². The molecule has 0 aliphatic heterocycles. The van der Waals surface area contributed by atoms with E-state index in [0.717, 1.165) is 6.42 Å². The highest BCUT2D eigenvalue weighted by Crippen LogP contribution is 2.18. The molecule has 0 aliphatic carbocycles. The van der Waals surface area contributed by atoms with Gasteiger partial charge < -0.3 is 0 Å².